The molecule has 2 aliphatic rings. The Morgan fingerprint density at radius 2 is 1.70 bits per heavy atom. The van der Waals surface area contributed by atoms with Crippen LogP contribution in [0.5, 0.6) is 5.75 Å². The Morgan fingerprint density at radius 1 is 0.977 bits per heavy atom. The summed E-state index contributed by atoms with van der Waals surface area (Å²) in [7, 11) is 1.60. The molecule has 1 fully saturated rings. The van der Waals surface area contributed by atoms with Gasteiger partial charge in [0.15, 0.2) is 0 Å². The lowest BCUT2D eigenvalue weighted by Gasteiger charge is -2.42. The third kappa shape index (κ3) is 6.56. The van der Waals surface area contributed by atoms with Gasteiger partial charge in [-0.3, -0.25) is 9.59 Å². The number of hydrogen-bond acceptors (Lipinski definition) is 5. The minimum absolute atomic E-state index is 0.0427. The van der Waals surface area contributed by atoms with Crippen molar-refractivity contribution in [3.63, 3.8) is 0 Å². The lowest BCUT2D eigenvalue weighted by atomic mass is 9.82. The zero-order chi connectivity index (χ0) is 30.9. The quantitative estimate of drug-likeness (QED) is 0.304. The van der Waals surface area contributed by atoms with Crippen molar-refractivity contribution in [1.29, 1.82) is 0 Å². The first-order chi connectivity index (χ1) is 20.5. The van der Waals surface area contributed by atoms with Gasteiger partial charge in [0.25, 0.3) is 0 Å². The van der Waals surface area contributed by atoms with Crippen molar-refractivity contribution in [2.75, 3.05) is 30.0 Å². The number of benzene rings is 3. The van der Waals surface area contributed by atoms with Crippen LogP contribution in [0.25, 0.3) is 0 Å². The summed E-state index contributed by atoms with van der Waals surface area (Å²) in [5, 5.41) is 0. The maximum absolute atomic E-state index is 14.8. The smallest absolute Gasteiger partial charge is 0.410 e. The average molecular weight is 649 g/mol. The normalized spacial score (nSPS) is 19.0. The summed E-state index contributed by atoms with van der Waals surface area (Å²) < 4.78 is 12.3. The Bertz CT molecular complexity index is 1520. The Morgan fingerprint density at radius 3 is 2.40 bits per heavy atom. The Hall–Kier alpha value is -3.85. The van der Waals surface area contributed by atoms with E-state index in [-0.39, 0.29) is 24.8 Å². The van der Waals surface area contributed by atoms with Gasteiger partial charge in [0, 0.05) is 40.9 Å². The lowest BCUT2D eigenvalue weighted by Crippen LogP contribution is -2.50. The van der Waals surface area contributed by atoms with Gasteiger partial charge in [-0.05, 0) is 70.0 Å². The van der Waals surface area contributed by atoms with Gasteiger partial charge < -0.3 is 24.2 Å². The van der Waals surface area contributed by atoms with Gasteiger partial charge >= 0.3 is 6.09 Å². The van der Waals surface area contributed by atoms with E-state index in [0.29, 0.717) is 25.3 Å². The van der Waals surface area contributed by atoms with Crippen molar-refractivity contribution in [1.82, 2.24) is 4.90 Å². The van der Waals surface area contributed by atoms with Gasteiger partial charge in [0.05, 0.1) is 25.6 Å². The fourth-order valence-corrected chi connectivity index (χ4v) is 6.24. The van der Waals surface area contributed by atoms with Crippen LogP contribution in [0.4, 0.5) is 16.2 Å². The molecule has 1 saturated heterocycles. The molecule has 0 spiro atoms. The molecule has 226 valence electrons. The van der Waals surface area contributed by atoms with Crippen LogP contribution in [0.2, 0.25) is 0 Å². The highest BCUT2D eigenvalue weighted by molar-refractivity contribution is 9.10. The molecule has 2 atom stereocenters. The number of hydrogen-bond donors (Lipinski definition) is 0. The molecule has 0 bridgehead atoms. The molecular weight excluding hydrogens is 610 g/mol. The van der Waals surface area contributed by atoms with E-state index in [1.165, 1.54) is 0 Å². The molecule has 2 heterocycles. The maximum atomic E-state index is 14.8. The first-order valence-electron chi connectivity index (χ1n) is 14.6. The van der Waals surface area contributed by atoms with Crippen LogP contribution in [0.15, 0.2) is 71.2 Å². The monoisotopic (exact) mass is 647 g/mol. The van der Waals surface area contributed by atoms with Crippen molar-refractivity contribution in [3.05, 3.63) is 87.9 Å². The number of carbonyl (C=O) groups excluding carboxylic acids is 3. The van der Waals surface area contributed by atoms with Crippen LogP contribution in [0.3, 0.4) is 0 Å². The molecule has 43 heavy (non-hydrogen) atoms. The lowest BCUT2D eigenvalue weighted by molar-refractivity contribution is -0.127. The van der Waals surface area contributed by atoms with E-state index in [4.69, 9.17) is 9.47 Å². The van der Waals surface area contributed by atoms with Gasteiger partial charge in [-0.2, -0.15) is 0 Å². The van der Waals surface area contributed by atoms with E-state index in [9.17, 15) is 14.4 Å². The molecule has 0 saturated carbocycles. The zero-order valence-corrected chi connectivity index (χ0v) is 26.9. The molecular formula is C34H38BrN3O5. The topological polar surface area (TPSA) is 79.4 Å². The standard InChI is InChI=1S/C34H38BrN3O5/c1-22-10-14-25(15-11-22)38-30(39)17-16-27(31(38)26-8-6-7-9-29(26)42-5)32(40)37-19-18-36(33(41)43-34(2,3)4)21-23-12-13-24(35)20-28(23)37/h6-15,20,27,31H,16-19,21H2,1-5H3. The number of halogens is 1. The number of para-hydroxylation sites is 1. The zero-order valence-electron chi connectivity index (χ0n) is 25.3. The van der Waals surface area contributed by atoms with Crippen molar-refractivity contribution in [2.24, 2.45) is 5.92 Å². The molecule has 0 N–H and O–H groups in total. The first kappa shape index (κ1) is 30.6. The minimum Gasteiger partial charge on any atom is -0.496 e. The van der Waals surface area contributed by atoms with Crippen LogP contribution >= 0.6 is 15.9 Å². The second kappa shape index (κ2) is 12.4. The molecule has 3 amide bonds. The molecule has 5 rings (SSSR count). The number of amides is 3. The summed E-state index contributed by atoms with van der Waals surface area (Å²) in [6.45, 7) is 8.43. The fourth-order valence-electron chi connectivity index (χ4n) is 5.89. The number of nitrogens with zero attached hydrogens (tertiary/aromatic N) is 3. The Labute approximate surface area is 261 Å². The van der Waals surface area contributed by atoms with E-state index >= 15 is 0 Å². The van der Waals surface area contributed by atoms with Crippen LogP contribution < -0.4 is 14.5 Å². The predicted molar refractivity (Wildman–Crippen MR) is 170 cm³/mol. The van der Waals surface area contributed by atoms with Gasteiger partial charge in [-0.1, -0.05) is 57.9 Å². The number of ether oxygens (including phenoxy) is 2. The van der Waals surface area contributed by atoms with E-state index < -0.39 is 23.7 Å². The number of anilines is 2. The largest absolute Gasteiger partial charge is 0.496 e. The summed E-state index contributed by atoms with van der Waals surface area (Å²) in [5.74, 6) is -0.0905. The van der Waals surface area contributed by atoms with E-state index in [2.05, 4.69) is 15.9 Å². The minimum atomic E-state index is -0.641. The molecule has 9 heteroatoms. The summed E-state index contributed by atoms with van der Waals surface area (Å²) in [6, 6.07) is 20.6. The average Bonchev–Trinajstić information content (AvgIpc) is 3.16. The maximum Gasteiger partial charge on any atom is 0.410 e. The highest BCUT2D eigenvalue weighted by Gasteiger charge is 2.45. The second-order valence-corrected chi connectivity index (χ2v) is 13.0. The SMILES string of the molecule is COc1ccccc1C1C(C(=O)N2CCN(C(=O)OC(C)(C)C)Cc3ccc(Br)cc32)CCC(=O)N1c1ccc(C)cc1. The molecule has 8 nitrogen and oxygen atoms in total. The molecule has 3 aromatic rings. The molecule has 2 unspecified atom stereocenters. The van der Waals surface area contributed by atoms with Crippen LogP contribution in [-0.2, 0) is 20.9 Å². The molecule has 0 aliphatic carbocycles. The van der Waals surface area contributed by atoms with Crippen molar-refractivity contribution < 1.29 is 23.9 Å². The number of fused-ring (bicyclic) bond motifs is 1. The number of aryl methyl sites for hydroxylation is 1. The third-order valence-electron chi connectivity index (χ3n) is 7.89. The van der Waals surface area contributed by atoms with Crippen molar-refractivity contribution in [3.8, 4) is 5.75 Å². The molecule has 3 aromatic carbocycles. The number of carbonyl (C=O) groups is 3. The van der Waals surface area contributed by atoms with Crippen molar-refractivity contribution >= 4 is 45.2 Å². The van der Waals surface area contributed by atoms with Crippen LogP contribution in [-0.4, -0.2) is 48.6 Å². The van der Waals surface area contributed by atoms with Gasteiger partial charge in [-0.25, -0.2) is 4.79 Å². The molecule has 0 aromatic heterocycles. The Balaban J connectivity index is 1.57. The van der Waals surface area contributed by atoms with Gasteiger partial charge in [-0.15, -0.1) is 0 Å². The summed E-state index contributed by atoms with van der Waals surface area (Å²) in [5.41, 5.74) is 3.53. The van der Waals surface area contributed by atoms with E-state index in [0.717, 1.165) is 32.5 Å². The first-order valence-corrected chi connectivity index (χ1v) is 15.4. The molecule has 2 aliphatic heterocycles. The summed E-state index contributed by atoms with van der Waals surface area (Å²) in [4.78, 5) is 46.7. The van der Waals surface area contributed by atoms with Crippen LogP contribution in [0.1, 0.15) is 56.3 Å². The second-order valence-electron chi connectivity index (χ2n) is 12.1. The van der Waals surface area contributed by atoms with Gasteiger partial charge in [0.1, 0.15) is 11.4 Å². The fraction of sp³-hybridized carbons (Fsp3) is 0.382. The Kier molecular flexibility index (Phi) is 8.83. The number of methoxy groups -OCH3 is 1. The number of rotatable bonds is 4. The highest BCUT2D eigenvalue weighted by Crippen LogP contribution is 2.44. The predicted octanol–water partition coefficient (Wildman–Crippen LogP) is 7.03. The van der Waals surface area contributed by atoms with E-state index in [1.54, 1.807) is 21.8 Å². The van der Waals surface area contributed by atoms with Crippen molar-refractivity contribution in [2.45, 2.75) is 58.7 Å². The number of piperidine rings is 1. The van der Waals surface area contributed by atoms with Crippen LogP contribution in [0, 0.1) is 12.8 Å². The summed E-state index contributed by atoms with van der Waals surface area (Å²) in [6.07, 6.45) is 0.203. The van der Waals surface area contributed by atoms with E-state index in [1.807, 2.05) is 94.4 Å². The molecule has 0 radical (unpaired) electrons. The summed E-state index contributed by atoms with van der Waals surface area (Å²) >= 11 is 3.58. The highest BCUT2D eigenvalue weighted by atomic mass is 79.9. The van der Waals surface area contributed by atoms with Gasteiger partial charge in [0.2, 0.25) is 11.8 Å². The third-order valence-corrected chi connectivity index (χ3v) is 8.39.